The third kappa shape index (κ3) is 0.672. The molecule has 0 N–H and O–H groups in total. The van der Waals surface area contributed by atoms with E-state index >= 15 is 0 Å². The summed E-state index contributed by atoms with van der Waals surface area (Å²) in [5.41, 5.74) is -2.19. The molecule has 3 saturated carbocycles. The van der Waals surface area contributed by atoms with Crippen LogP contribution in [0.1, 0.15) is 19.3 Å². The number of rotatable bonds is 1. The lowest BCUT2D eigenvalue weighted by molar-refractivity contribution is -0.331. The zero-order valence-corrected chi connectivity index (χ0v) is 6.11. The maximum atomic E-state index is 12.2. The monoisotopic (exact) mass is 177 g/mol. The maximum Gasteiger partial charge on any atom is 0.394 e. The first kappa shape index (κ1) is 7.80. The molecule has 3 fully saturated rings. The molecule has 12 heavy (non-hydrogen) atoms. The van der Waals surface area contributed by atoms with Crippen LogP contribution < -0.4 is 0 Å². The number of isocyanates is 1. The van der Waals surface area contributed by atoms with E-state index in [9.17, 15) is 18.0 Å². The number of carbonyl (C=O) groups excluding carboxylic acids is 1. The van der Waals surface area contributed by atoms with Gasteiger partial charge in [0.1, 0.15) is 0 Å². The zero-order valence-electron chi connectivity index (χ0n) is 6.11. The second-order valence-electron chi connectivity index (χ2n) is 3.74. The maximum absolute atomic E-state index is 12.2. The highest BCUT2D eigenvalue weighted by molar-refractivity contribution is 5.40. The minimum absolute atomic E-state index is 0.0151. The van der Waals surface area contributed by atoms with Gasteiger partial charge in [-0.05, 0) is 19.3 Å². The molecule has 0 aromatic heterocycles. The van der Waals surface area contributed by atoms with Crippen LogP contribution in [0.4, 0.5) is 13.2 Å². The van der Waals surface area contributed by atoms with Gasteiger partial charge in [0.05, 0.1) is 11.0 Å². The lowest BCUT2D eigenvalue weighted by Gasteiger charge is -2.67. The lowest BCUT2D eigenvalue weighted by atomic mass is 9.39. The Hall–Kier alpha value is -0.830. The molecule has 2 bridgehead atoms. The van der Waals surface area contributed by atoms with Crippen molar-refractivity contribution in [3.05, 3.63) is 0 Å². The number of halogens is 3. The van der Waals surface area contributed by atoms with Gasteiger partial charge in [-0.2, -0.15) is 18.2 Å². The van der Waals surface area contributed by atoms with E-state index in [0.717, 1.165) is 0 Å². The number of alkyl halides is 3. The molecule has 0 amide bonds. The standard InChI is InChI=1S/C7H6F3NO/c8-7(9,10)5-1-6(2-5,3-5)11-4-12/h1-3H2. The summed E-state index contributed by atoms with van der Waals surface area (Å²) in [6, 6.07) is 0. The molecule has 0 unspecified atom stereocenters. The van der Waals surface area contributed by atoms with E-state index in [2.05, 4.69) is 4.99 Å². The largest absolute Gasteiger partial charge is 0.394 e. The highest BCUT2D eigenvalue weighted by Gasteiger charge is 2.79. The highest BCUT2D eigenvalue weighted by Crippen LogP contribution is 2.74. The van der Waals surface area contributed by atoms with Crippen molar-refractivity contribution in [2.45, 2.75) is 31.0 Å². The Balaban J connectivity index is 2.09. The van der Waals surface area contributed by atoms with Crippen molar-refractivity contribution < 1.29 is 18.0 Å². The van der Waals surface area contributed by atoms with Crippen molar-refractivity contribution in [2.75, 3.05) is 0 Å². The number of nitrogens with zero attached hydrogens (tertiary/aromatic N) is 1. The quantitative estimate of drug-likeness (QED) is 0.443. The van der Waals surface area contributed by atoms with Crippen LogP contribution in [0.15, 0.2) is 4.99 Å². The van der Waals surface area contributed by atoms with Crippen molar-refractivity contribution in [1.82, 2.24) is 0 Å². The van der Waals surface area contributed by atoms with E-state index in [4.69, 9.17) is 0 Å². The molecule has 2 nitrogen and oxygen atoms in total. The fraction of sp³-hybridized carbons (Fsp3) is 0.857. The average Bonchev–Trinajstić information content (AvgIpc) is 1.70. The van der Waals surface area contributed by atoms with Gasteiger partial charge in [0.2, 0.25) is 6.08 Å². The van der Waals surface area contributed by atoms with Gasteiger partial charge in [-0.3, -0.25) is 0 Å². The minimum atomic E-state index is -4.12. The fourth-order valence-electron chi connectivity index (χ4n) is 2.25. The first-order valence-corrected chi connectivity index (χ1v) is 3.59. The summed E-state index contributed by atoms with van der Waals surface area (Å²) in [5.74, 6) is 0. The second-order valence-corrected chi connectivity index (χ2v) is 3.74. The molecule has 66 valence electrons. The Labute approximate surface area is 66.5 Å². The van der Waals surface area contributed by atoms with Crippen LogP contribution in [0, 0.1) is 5.41 Å². The average molecular weight is 177 g/mol. The van der Waals surface area contributed by atoms with E-state index in [1.807, 2.05) is 0 Å². The summed E-state index contributed by atoms with van der Waals surface area (Å²) in [6.45, 7) is 0. The highest BCUT2D eigenvalue weighted by atomic mass is 19.4. The van der Waals surface area contributed by atoms with Crippen LogP contribution in [-0.4, -0.2) is 17.8 Å². The summed E-state index contributed by atoms with van der Waals surface area (Å²) >= 11 is 0. The molecule has 0 heterocycles. The first-order valence-electron chi connectivity index (χ1n) is 3.59. The summed E-state index contributed by atoms with van der Waals surface area (Å²) < 4.78 is 36.6. The van der Waals surface area contributed by atoms with Gasteiger partial charge in [0, 0.05) is 0 Å². The van der Waals surface area contributed by atoms with Gasteiger partial charge >= 0.3 is 6.18 Å². The Morgan fingerprint density at radius 1 is 1.25 bits per heavy atom. The Morgan fingerprint density at radius 3 is 2.08 bits per heavy atom. The first-order chi connectivity index (χ1) is 5.43. The molecule has 0 radical (unpaired) electrons. The van der Waals surface area contributed by atoms with Crippen LogP contribution in [-0.2, 0) is 4.79 Å². The summed E-state index contributed by atoms with van der Waals surface area (Å²) in [7, 11) is 0. The van der Waals surface area contributed by atoms with Crippen LogP contribution >= 0.6 is 0 Å². The van der Waals surface area contributed by atoms with Crippen molar-refractivity contribution in [3.63, 3.8) is 0 Å². The molecule has 0 spiro atoms. The minimum Gasteiger partial charge on any atom is -0.211 e. The van der Waals surface area contributed by atoms with Crippen molar-refractivity contribution in [3.8, 4) is 0 Å². The third-order valence-electron chi connectivity index (χ3n) is 2.89. The van der Waals surface area contributed by atoms with Gasteiger partial charge in [0.15, 0.2) is 0 Å². The van der Waals surface area contributed by atoms with Gasteiger partial charge < -0.3 is 0 Å². The van der Waals surface area contributed by atoms with Gasteiger partial charge in [-0.15, -0.1) is 0 Å². The van der Waals surface area contributed by atoms with E-state index in [1.165, 1.54) is 6.08 Å². The van der Waals surface area contributed by atoms with E-state index in [0.29, 0.717) is 0 Å². The topological polar surface area (TPSA) is 29.4 Å². The SMILES string of the molecule is O=C=NC12CC(C(F)(F)F)(C1)C2. The third-order valence-corrected chi connectivity index (χ3v) is 2.89. The molecule has 0 atom stereocenters. The van der Waals surface area contributed by atoms with Crippen LogP contribution in [0.3, 0.4) is 0 Å². The van der Waals surface area contributed by atoms with E-state index in [-0.39, 0.29) is 19.3 Å². The van der Waals surface area contributed by atoms with Gasteiger partial charge in [0.25, 0.3) is 0 Å². The molecule has 0 aromatic carbocycles. The summed E-state index contributed by atoms with van der Waals surface area (Å²) in [6.07, 6.45) is -2.84. The predicted octanol–water partition coefficient (Wildman–Crippen LogP) is 1.81. The number of hydrogen-bond donors (Lipinski definition) is 0. The van der Waals surface area contributed by atoms with Crippen LogP contribution in [0.25, 0.3) is 0 Å². The Bertz CT molecular complexity index is 257. The molecule has 3 aliphatic carbocycles. The van der Waals surface area contributed by atoms with E-state index in [1.54, 1.807) is 0 Å². The van der Waals surface area contributed by atoms with Gasteiger partial charge in [-0.25, -0.2) is 4.79 Å². The summed E-state index contributed by atoms with van der Waals surface area (Å²) in [5, 5.41) is 0. The molecule has 0 aromatic rings. The van der Waals surface area contributed by atoms with Crippen molar-refractivity contribution in [1.29, 1.82) is 0 Å². The van der Waals surface area contributed by atoms with Crippen LogP contribution in [0.2, 0.25) is 0 Å². The molecule has 0 saturated heterocycles. The Morgan fingerprint density at radius 2 is 1.75 bits per heavy atom. The molecule has 0 aliphatic heterocycles. The number of aliphatic imine (C=N–C) groups is 1. The zero-order chi connectivity index (χ0) is 9.04. The molecular formula is C7H6F3NO. The smallest absolute Gasteiger partial charge is 0.211 e. The van der Waals surface area contributed by atoms with Crippen molar-refractivity contribution in [2.24, 2.45) is 10.4 Å². The second kappa shape index (κ2) is 1.74. The number of hydrogen-bond acceptors (Lipinski definition) is 2. The lowest BCUT2D eigenvalue weighted by Crippen LogP contribution is -2.71. The van der Waals surface area contributed by atoms with Crippen LogP contribution in [0.5, 0.6) is 0 Å². The van der Waals surface area contributed by atoms with Crippen molar-refractivity contribution >= 4 is 6.08 Å². The summed E-state index contributed by atoms with van der Waals surface area (Å²) in [4.78, 5) is 13.2. The predicted molar refractivity (Wildman–Crippen MR) is 33.2 cm³/mol. The molecule has 3 aliphatic rings. The molecular weight excluding hydrogens is 171 g/mol. The Kier molecular flexibility index (Phi) is 1.13. The fourth-order valence-corrected chi connectivity index (χ4v) is 2.25. The molecule has 5 heteroatoms. The van der Waals surface area contributed by atoms with E-state index < -0.39 is 17.1 Å². The normalized spacial score (nSPS) is 43.9. The molecule has 3 rings (SSSR count). The van der Waals surface area contributed by atoms with Gasteiger partial charge in [-0.1, -0.05) is 0 Å².